The molecule has 3 N–H and O–H groups in total. The highest BCUT2D eigenvalue weighted by Gasteiger charge is 2.45. The Hall–Kier alpha value is -3.15. The van der Waals surface area contributed by atoms with E-state index < -0.39 is 12.0 Å². The number of nitrogens with one attached hydrogen (secondary N) is 2. The van der Waals surface area contributed by atoms with Crippen molar-refractivity contribution in [2.75, 3.05) is 0 Å². The Morgan fingerprint density at radius 2 is 1.62 bits per heavy atom. The van der Waals surface area contributed by atoms with Gasteiger partial charge in [-0.3, -0.25) is 9.59 Å². The number of amides is 2. The van der Waals surface area contributed by atoms with Gasteiger partial charge in [0.2, 0.25) is 5.91 Å². The van der Waals surface area contributed by atoms with E-state index in [9.17, 15) is 19.5 Å². The average Bonchev–Trinajstić information content (AvgIpc) is 3.63. The number of carbonyl (C=O) groups is 3. The van der Waals surface area contributed by atoms with Crippen molar-refractivity contribution in [2.24, 2.45) is 11.8 Å². The van der Waals surface area contributed by atoms with Gasteiger partial charge in [-0.2, -0.15) is 0 Å². The molecule has 0 spiro atoms. The van der Waals surface area contributed by atoms with E-state index in [1.165, 1.54) is 0 Å². The number of carboxylic acids is 1. The minimum absolute atomic E-state index is 0.0241. The highest BCUT2D eigenvalue weighted by atomic mass is 16.4. The lowest BCUT2D eigenvalue weighted by Crippen LogP contribution is -2.47. The molecule has 0 bridgehead atoms. The molecule has 168 valence electrons. The number of carbonyl (C=O) groups excluding carboxylic acids is 2. The van der Waals surface area contributed by atoms with E-state index in [1.807, 2.05) is 42.5 Å². The third-order valence-electron chi connectivity index (χ3n) is 6.71. The van der Waals surface area contributed by atoms with E-state index in [4.69, 9.17) is 0 Å². The van der Waals surface area contributed by atoms with E-state index in [0.29, 0.717) is 18.5 Å². The van der Waals surface area contributed by atoms with Crippen LogP contribution in [0.15, 0.2) is 54.6 Å². The number of hydrogen-bond donors (Lipinski definition) is 3. The maximum absolute atomic E-state index is 12.7. The summed E-state index contributed by atoms with van der Waals surface area (Å²) in [4.78, 5) is 36.8. The van der Waals surface area contributed by atoms with Gasteiger partial charge in [0.1, 0.15) is 6.04 Å². The van der Waals surface area contributed by atoms with Crippen molar-refractivity contribution < 1.29 is 19.5 Å². The molecule has 2 aliphatic carbocycles. The molecule has 2 amide bonds. The topological polar surface area (TPSA) is 95.5 Å². The first-order chi connectivity index (χ1) is 15.5. The Morgan fingerprint density at radius 1 is 0.938 bits per heavy atom. The largest absolute Gasteiger partial charge is 0.480 e. The summed E-state index contributed by atoms with van der Waals surface area (Å²) in [6.07, 6.45) is 5.63. The highest BCUT2D eigenvalue weighted by Crippen LogP contribution is 2.47. The molecule has 3 atom stereocenters. The second kappa shape index (κ2) is 9.98. The Balaban J connectivity index is 1.30. The normalized spacial score (nSPS) is 21.4. The van der Waals surface area contributed by atoms with Crippen LogP contribution in [-0.2, 0) is 16.1 Å². The Labute approximate surface area is 188 Å². The molecule has 0 heterocycles. The van der Waals surface area contributed by atoms with Gasteiger partial charge in [0.25, 0.3) is 5.91 Å². The van der Waals surface area contributed by atoms with Crippen molar-refractivity contribution in [1.82, 2.24) is 10.6 Å². The molecular weight excluding hydrogens is 404 g/mol. The van der Waals surface area contributed by atoms with Gasteiger partial charge in [0, 0.05) is 18.0 Å². The molecule has 2 fully saturated rings. The SMILES string of the molecule is O=C(NCc1ccccc1)c1ccc([C@@H]2CC2C(=O)N[C@H](C(=O)O)C2CCCCC2)cc1. The van der Waals surface area contributed by atoms with Crippen LogP contribution >= 0.6 is 0 Å². The van der Waals surface area contributed by atoms with Gasteiger partial charge in [-0.15, -0.1) is 0 Å². The maximum atomic E-state index is 12.7. The third-order valence-corrected chi connectivity index (χ3v) is 6.71. The first-order valence-electron chi connectivity index (χ1n) is 11.5. The molecule has 2 aliphatic rings. The van der Waals surface area contributed by atoms with E-state index in [1.54, 1.807) is 12.1 Å². The summed E-state index contributed by atoms with van der Waals surface area (Å²) < 4.78 is 0. The van der Waals surface area contributed by atoms with E-state index >= 15 is 0 Å². The van der Waals surface area contributed by atoms with Crippen molar-refractivity contribution in [3.05, 3.63) is 71.3 Å². The molecule has 4 rings (SSSR count). The van der Waals surface area contributed by atoms with Crippen molar-refractivity contribution in [1.29, 1.82) is 0 Å². The zero-order valence-electron chi connectivity index (χ0n) is 18.1. The zero-order chi connectivity index (χ0) is 22.5. The van der Waals surface area contributed by atoms with Gasteiger partial charge >= 0.3 is 5.97 Å². The van der Waals surface area contributed by atoms with Crippen LogP contribution in [0.25, 0.3) is 0 Å². The molecule has 6 nitrogen and oxygen atoms in total. The summed E-state index contributed by atoms with van der Waals surface area (Å²) >= 11 is 0. The van der Waals surface area contributed by atoms with Crippen LogP contribution in [-0.4, -0.2) is 28.9 Å². The first-order valence-corrected chi connectivity index (χ1v) is 11.5. The van der Waals surface area contributed by atoms with Gasteiger partial charge in [-0.05, 0) is 54.4 Å². The fraction of sp³-hybridized carbons (Fsp3) is 0.423. The van der Waals surface area contributed by atoms with Crippen LogP contribution in [0.5, 0.6) is 0 Å². The molecule has 2 saturated carbocycles. The smallest absolute Gasteiger partial charge is 0.326 e. The molecule has 0 radical (unpaired) electrons. The van der Waals surface area contributed by atoms with Crippen molar-refractivity contribution in [3.63, 3.8) is 0 Å². The summed E-state index contributed by atoms with van der Waals surface area (Å²) in [6, 6.07) is 16.3. The molecule has 32 heavy (non-hydrogen) atoms. The Morgan fingerprint density at radius 3 is 2.28 bits per heavy atom. The Bertz CT molecular complexity index is 952. The highest BCUT2D eigenvalue weighted by molar-refractivity contribution is 5.94. The number of rotatable bonds is 8. The van der Waals surface area contributed by atoms with Crippen LogP contribution < -0.4 is 10.6 Å². The minimum atomic E-state index is -0.937. The fourth-order valence-corrected chi connectivity index (χ4v) is 4.72. The number of benzene rings is 2. The molecule has 0 aromatic heterocycles. The fourth-order valence-electron chi connectivity index (χ4n) is 4.72. The molecule has 1 unspecified atom stereocenters. The average molecular weight is 435 g/mol. The predicted molar refractivity (Wildman–Crippen MR) is 121 cm³/mol. The lowest BCUT2D eigenvalue weighted by Gasteiger charge is -2.28. The molecule has 6 heteroatoms. The number of carboxylic acid groups (broad SMARTS) is 1. The van der Waals surface area contributed by atoms with Crippen LogP contribution in [0.3, 0.4) is 0 Å². The lowest BCUT2D eigenvalue weighted by atomic mass is 9.84. The van der Waals surface area contributed by atoms with Crippen LogP contribution in [0.1, 0.15) is 65.9 Å². The third kappa shape index (κ3) is 5.36. The quantitative estimate of drug-likeness (QED) is 0.588. The van der Waals surface area contributed by atoms with Gasteiger partial charge in [0.15, 0.2) is 0 Å². The molecule has 2 aromatic carbocycles. The number of aliphatic carboxylic acids is 1. The number of hydrogen-bond acceptors (Lipinski definition) is 3. The Kier molecular flexibility index (Phi) is 6.88. The van der Waals surface area contributed by atoms with E-state index in [2.05, 4.69) is 10.6 Å². The summed E-state index contributed by atoms with van der Waals surface area (Å²) in [5.74, 6) is -1.33. The van der Waals surface area contributed by atoms with Crippen LogP contribution in [0.4, 0.5) is 0 Å². The van der Waals surface area contributed by atoms with Crippen LogP contribution in [0, 0.1) is 11.8 Å². The molecular formula is C26H30N2O4. The van der Waals surface area contributed by atoms with Crippen molar-refractivity contribution >= 4 is 17.8 Å². The zero-order valence-corrected chi connectivity index (χ0v) is 18.1. The second-order valence-electron chi connectivity index (χ2n) is 8.96. The van der Waals surface area contributed by atoms with E-state index in [0.717, 1.165) is 43.2 Å². The van der Waals surface area contributed by atoms with Gasteiger partial charge in [0.05, 0.1) is 0 Å². The van der Waals surface area contributed by atoms with Gasteiger partial charge in [-0.25, -0.2) is 4.79 Å². The van der Waals surface area contributed by atoms with Gasteiger partial charge in [-0.1, -0.05) is 61.7 Å². The first kappa shape index (κ1) is 22.1. The summed E-state index contributed by atoms with van der Waals surface area (Å²) in [6.45, 7) is 0.470. The second-order valence-corrected chi connectivity index (χ2v) is 8.96. The summed E-state index contributed by atoms with van der Waals surface area (Å²) in [7, 11) is 0. The summed E-state index contributed by atoms with van der Waals surface area (Å²) in [5.41, 5.74) is 2.63. The standard InChI is InChI=1S/C26H30N2O4/c29-24(27-16-17-7-3-1-4-8-17)20-13-11-18(12-14-20)21-15-22(21)25(30)28-23(26(31)32)19-9-5-2-6-10-19/h1,3-4,7-8,11-14,19,21-23H,2,5-6,9-10,15-16H2,(H,27,29)(H,28,30)(H,31,32)/t21-,22?,23-/m0/s1. The van der Waals surface area contributed by atoms with E-state index in [-0.39, 0.29) is 29.6 Å². The minimum Gasteiger partial charge on any atom is -0.480 e. The molecule has 0 saturated heterocycles. The molecule has 0 aliphatic heterocycles. The maximum Gasteiger partial charge on any atom is 0.326 e. The predicted octanol–water partition coefficient (Wildman–Crippen LogP) is 3.87. The van der Waals surface area contributed by atoms with Crippen molar-refractivity contribution in [3.8, 4) is 0 Å². The monoisotopic (exact) mass is 434 g/mol. The van der Waals surface area contributed by atoms with Gasteiger partial charge < -0.3 is 15.7 Å². The molecule has 2 aromatic rings. The van der Waals surface area contributed by atoms with Crippen molar-refractivity contribution in [2.45, 2.75) is 57.0 Å². The van der Waals surface area contributed by atoms with Crippen LogP contribution in [0.2, 0.25) is 0 Å². The summed E-state index contributed by atoms with van der Waals surface area (Å²) in [5, 5.41) is 15.3. The lowest BCUT2D eigenvalue weighted by molar-refractivity contribution is -0.144.